The largest absolute Gasteiger partial charge is 0.465 e. The number of ether oxygens (including phenoxy) is 1. The maximum Gasteiger partial charge on any atom is 0.323 e. The lowest BCUT2D eigenvalue weighted by Gasteiger charge is -2.26. The molecule has 0 amide bonds. The van der Waals surface area contributed by atoms with Crippen molar-refractivity contribution in [3.63, 3.8) is 0 Å². The molecule has 1 aliphatic heterocycles. The number of nitrogens with one attached hydrogen (secondary N) is 1. The van der Waals surface area contributed by atoms with Gasteiger partial charge in [-0.25, -0.2) is 8.42 Å². The Kier molecular flexibility index (Phi) is 5.39. The van der Waals surface area contributed by atoms with Crippen LogP contribution in [0.3, 0.4) is 0 Å². The van der Waals surface area contributed by atoms with Gasteiger partial charge in [0.15, 0.2) is 0 Å². The fourth-order valence-corrected chi connectivity index (χ4v) is 3.43. The van der Waals surface area contributed by atoms with Crippen molar-refractivity contribution < 1.29 is 17.9 Å². The summed E-state index contributed by atoms with van der Waals surface area (Å²) < 4.78 is 27.5. The topological polar surface area (TPSA) is 72.5 Å². The summed E-state index contributed by atoms with van der Waals surface area (Å²) in [7, 11) is -2.84. The fourth-order valence-electron chi connectivity index (χ4n) is 1.94. The molecular weight excluding hydrogens is 242 g/mol. The normalized spacial score (nSPS) is 22.0. The van der Waals surface area contributed by atoms with Gasteiger partial charge < -0.3 is 10.1 Å². The molecule has 100 valence electrons. The van der Waals surface area contributed by atoms with Gasteiger partial charge in [-0.1, -0.05) is 6.92 Å². The van der Waals surface area contributed by atoms with E-state index in [-0.39, 0.29) is 29.6 Å². The minimum Gasteiger partial charge on any atom is -0.465 e. The number of carbonyl (C=O) groups is 1. The van der Waals surface area contributed by atoms with Gasteiger partial charge in [0.2, 0.25) is 0 Å². The maximum atomic E-state index is 11.6. The molecular formula is C11H21NO4S. The van der Waals surface area contributed by atoms with Crippen LogP contribution < -0.4 is 5.32 Å². The molecule has 0 aromatic heterocycles. The number of esters is 1. The van der Waals surface area contributed by atoms with Gasteiger partial charge >= 0.3 is 5.97 Å². The number of hydrogen-bond donors (Lipinski definition) is 1. The van der Waals surface area contributed by atoms with Crippen molar-refractivity contribution in [2.24, 2.45) is 0 Å². The van der Waals surface area contributed by atoms with Crippen LogP contribution in [0.25, 0.3) is 0 Å². The molecule has 1 unspecified atom stereocenters. The molecule has 0 saturated carbocycles. The third-order valence-corrected chi connectivity index (χ3v) is 4.69. The molecule has 1 N–H and O–H groups in total. The molecule has 1 rings (SSSR count). The molecule has 0 spiro atoms. The van der Waals surface area contributed by atoms with Gasteiger partial charge in [0.1, 0.15) is 15.9 Å². The Morgan fingerprint density at radius 2 is 1.94 bits per heavy atom. The third-order valence-electron chi connectivity index (χ3n) is 2.97. The van der Waals surface area contributed by atoms with E-state index in [4.69, 9.17) is 4.74 Å². The highest BCUT2D eigenvalue weighted by atomic mass is 32.2. The summed E-state index contributed by atoms with van der Waals surface area (Å²) >= 11 is 0. The van der Waals surface area contributed by atoms with E-state index in [0.29, 0.717) is 25.9 Å². The van der Waals surface area contributed by atoms with Crippen LogP contribution in [-0.4, -0.2) is 44.6 Å². The summed E-state index contributed by atoms with van der Waals surface area (Å²) in [5.74, 6) is 0.178. The summed E-state index contributed by atoms with van der Waals surface area (Å²) in [6, 6.07) is -0.214. The molecule has 1 fully saturated rings. The van der Waals surface area contributed by atoms with E-state index in [1.807, 2.05) is 6.92 Å². The van der Waals surface area contributed by atoms with Crippen molar-refractivity contribution in [1.29, 1.82) is 0 Å². The molecule has 1 atom stereocenters. The van der Waals surface area contributed by atoms with Gasteiger partial charge in [0.25, 0.3) is 0 Å². The molecule has 1 saturated heterocycles. The summed E-state index contributed by atoms with van der Waals surface area (Å²) in [4.78, 5) is 11.6. The molecule has 17 heavy (non-hydrogen) atoms. The lowest BCUT2D eigenvalue weighted by molar-refractivity contribution is -0.146. The Hall–Kier alpha value is -0.620. The van der Waals surface area contributed by atoms with Crippen LogP contribution >= 0.6 is 0 Å². The van der Waals surface area contributed by atoms with E-state index in [1.54, 1.807) is 6.92 Å². The molecule has 5 nitrogen and oxygen atoms in total. The van der Waals surface area contributed by atoms with Crippen molar-refractivity contribution in [1.82, 2.24) is 5.32 Å². The molecule has 6 heteroatoms. The van der Waals surface area contributed by atoms with Gasteiger partial charge in [-0.2, -0.15) is 0 Å². The molecule has 0 aliphatic carbocycles. The Labute approximate surface area is 103 Å². The second-order valence-corrected chi connectivity index (χ2v) is 6.61. The summed E-state index contributed by atoms with van der Waals surface area (Å²) in [5.41, 5.74) is 0. The van der Waals surface area contributed by atoms with E-state index in [0.717, 1.165) is 0 Å². The average Bonchev–Trinajstić information content (AvgIpc) is 2.28. The first-order valence-electron chi connectivity index (χ1n) is 6.11. The zero-order valence-electron chi connectivity index (χ0n) is 10.4. The number of carbonyl (C=O) groups excluding carboxylic acids is 1. The first-order chi connectivity index (χ1) is 7.98. The van der Waals surface area contributed by atoms with E-state index in [9.17, 15) is 13.2 Å². The Morgan fingerprint density at radius 3 is 2.41 bits per heavy atom. The molecule has 0 aromatic carbocycles. The average molecular weight is 263 g/mol. The lowest BCUT2D eigenvalue weighted by Crippen LogP contribution is -2.47. The predicted octanol–water partition coefficient (Wildman–Crippen LogP) is 0.495. The van der Waals surface area contributed by atoms with Gasteiger partial charge in [0.05, 0.1) is 18.1 Å². The number of hydrogen-bond acceptors (Lipinski definition) is 5. The zero-order valence-corrected chi connectivity index (χ0v) is 11.3. The van der Waals surface area contributed by atoms with Crippen LogP contribution in [0.2, 0.25) is 0 Å². The zero-order chi connectivity index (χ0) is 12.9. The van der Waals surface area contributed by atoms with Crippen molar-refractivity contribution in [2.75, 3.05) is 18.1 Å². The SMILES string of the molecule is CCOC(=O)C(CC)NC1CCS(=O)(=O)CC1. The van der Waals surface area contributed by atoms with Crippen LogP contribution in [0.15, 0.2) is 0 Å². The Bertz CT molecular complexity index is 338. The Balaban J connectivity index is 2.44. The highest BCUT2D eigenvalue weighted by molar-refractivity contribution is 7.91. The van der Waals surface area contributed by atoms with Crippen molar-refractivity contribution in [2.45, 2.75) is 45.2 Å². The monoisotopic (exact) mass is 263 g/mol. The molecule has 0 bridgehead atoms. The Morgan fingerprint density at radius 1 is 1.35 bits per heavy atom. The van der Waals surface area contributed by atoms with Crippen LogP contribution in [0.1, 0.15) is 33.1 Å². The third kappa shape index (κ3) is 4.63. The molecule has 0 radical (unpaired) electrons. The van der Waals surface area contributed by atoms with Gasteiger partial charge in [-0.3, -0.25) is 4.79 Å². The highest BCUT2D eigenvalue weighted by Gasteiger charge is 2.27. The van der Waals surface area contributed by atoms with Gasteiger partial charge in [0, 0.05) is 6.04 Å². The molecule has 1 aliphatic rings. The minimum atomic E-state index is -2.84. The molecule has 1 heterocycles. The van der Waals surface area contributed by atoms with Crippen LogP contribution in [0, 0.1) is 0 Å². The molecule has 0 aromatic rings. The predicted molar refractivity (Wildman–Crippen MR) is 65.5 cm³/mol. The minimum absolute atomic E-state index is 0.105. The summed E-state index contributed by atoms with van der Waals surface area (Å²) in [6.45, 7) is 4.06. The smallest absolute Gasteiger partial charge is 0.323 e. The maximum absolute atomic E-state index is 11.6. The second-order valence-electron chi connectivity index (χ2n) is 4.31. The summed E-state index contributed by atoms with van der Waals surface area (Å²) in [6.07, 6.45) is 1.82. The number of rotatable bonds is 5. The van der Waals surface area contributed by atoms with Gasteiger partial charge in [-0.15, -0.1) is 0 Å². The lowest BCUT2D eigenvalue weighted by atomic mass is 10.1. The van der Waals surface area contributed by atoms with Crippen LogP contribution in [0.5, 0.6) is 0 Å². The first kappa shape index (κ1) is 14.4. The highest BCUT2D eigenvalue weighted by Crippen LogP contribution is 2.13. The first-order valence-corrected chi connectivity index (χ1v) is 7.93. The van der Waals surface area contributed by atoms with Crippen LogP contribution in [0.4, 0.5) is 0 Å². The second kappa shape index (κ2) is 6.35. The van der Waals surface area contributed by atoms with Crippen LogP contribution in [-0.2, 0) is 19.4 Å². The standard InChI is InChI=1S/C11H21NO4S/c1-3-10(11(13)16-4-2)12-9-5-7-17(14,15)8-6-9/h9-10,12H,3-8H2,1-2H3. The van der Waals surface area contributed by atoms with E-state index < -0.39 is 9.84 Å². The number of sulfone groups is 1. The van der Waals surface area contributed by atoms with Crippen molar-refractivity contribution in [3.05, 3.63) is 0 Å². The van der Waals surface area contributed by atoms with E-state index in [1.165, 1.54) is 0 Å². The van der Waals surface area contributed by atoms with E-state index >= 15 is 0 Å². The van der Waals surface area contributed by atoms with E-state index in [2.05, 4.69) is 5.32 Å². The van der Waals surface area contributed by atoms with Crippen molar-refractivity contribution >= 4 is 15.8 Å². The van der Waals surface area contributed by atoms with Crippen molar-refractivity contribution in [3.8, 4) is 0 Å². The fraction of sp³-hybridized carbons (Fsp3) is 0.909. The quantitative estimate of drug-likeness (QED) is 0.731. The summed E-state index contributed by atoms with van der Waals surface area (Å²) in [5, 5.41) is 3.19. The van der Waals surface area contributed by atoms with Gasteiger partial charge in [-0.05, 0) is 26.2 Å².